The van der Waals surface area contributed by atoms with E-state index in [0.717, 1.165) is 28.5 Å². The molecule has 0 unspecified atom stereocenters. The molecule has 2 aromatic rings. The Morgan fingerprint density at radius 1 is 1.32 bits per heavy atom. The maximum atomic E-state index is 12.6. The Hall–Kier alpha value is -2.41. The molecular formula is C18H25N5O2. The van der Waals surface area contributed by atoms with Gasteiger partial charge in [0.15, 0.2) is 0 Å². The monoisotopic (exact) mass is 343 g/mol. The van der Waals surface area contributed by atoms with Crippen molar-refractivity contribution in [2.45, 2.75) is 53.5 Å². The maximum absolute atomic E-state index is 12.6. The number of hydrogen-bond donors (Lipinski definition) is 1. The number of benzene rings is 1. The molecule has 25 heavy (non-hydrogen) atoms. The first-order valence-electron chi connectivity index (χ1n) is 8.60. The molecule has 3 rings (SSSR count). The van der Waals surface area contributed by atoms with Crippen LogP contribution < -0.4 is 5.32 Å². The van der Waals surface area contributed by atoms with Crippen molar-refractivity contribution in [2.75, 3.05) is 11.9 Å². The van der Waals surface area contributed by atoms with E-state index in [-0.39, 0.29) is 12.1 Å². The second kappa shape index (κ2) is 7.23. The van der Waals surface area contributed by atoms with Crippen LogP contribution in [0.1, 0.15) is 36.6 Å². The molecule has 0 saturated heterocycles. The number of amides is 2. The summed E-state index contributed by atoms with van der Waals surface area (Å²) in [6.45, 7) is 10.2. The van der Waals surface area contributed by atoms with Crippen LogP contribution in [0.25, 0.3) is 0 Å². The summed E-state index contributed by atoms with van der Waals surface area (Å²) in [5.41, 5.74) is 2.94. The number of nitrogens with zero attached hydrogens (tertiary/aromatic N) is 4. The molecule has 1 aromatic heterocycles. The molecule has 134 valence electrons. The molecule has 0 fully saturated rings. The third-order valence-electron chi connectivity index (χ3n) is 4.32. The number of nitrogens with one attached hydrogen (secondary N) is 1. The second-order valence-electron chi connectivity index (χ2n) is 6.60. The van der Waals surface area contributed by atoms with Gasteiger partial charge in [-0.25, -0.2) is 14.5 Å². The predicted octanol–water partition coefficient (Wildman–Crippen LogP) is 2.87. The van der Waals surface area contributed by atoms with E-state index in [1.807, 2.05) is 50.6 Å². The molecular weight excluding hydrogens is 318 g/mol. The number of ether oxygens (including phenoxy) is 1. The van der Waals surface area contributed by atoms with Gasteiger partial charge >= 0.3 is 6.03 Å². The fraction of sp³-hybridized carbons (Fsp3) is 0.500. The van der Waals surface area contributed by atoms with Gasteiger partial charge in [-0.15, -0.1) is 0 Å². The number of aryl methyl sites for hydroxylation is 1. The van der Waals surface area contributed by atoms with Gasteiger partial charge in [-0.05, 0) is 44.9 Å². The number of rotatable bonds is 4. The molecule has 0 bridgehead atoms. The highest BCUT2D eigenvalue weighted by molar-refractivity contribution is 5.90. The van der Waals surface area contributed by atoms with Gasteiger partial charge in [0, 0.05) is 12.2 Å². The van der Waals surface area contributed by atoms with E-state index >= 15 is 0 Å². The van der Waals surface area contributed by atoms with Gasteiger partial charge in [-0.1, -0.05) is 12.1 Å². The Bertz CT molecular complexity index is 769. The summed E-state index contributed by atoms with van der Waals surface area (Å²) >= 11 is 0. The van der Waals surface area contributed by atoms with E-state index in [2.05, 4.69) is 15.4 Å². The lowest BCUT2D eigenvalue weighted by atomic mass is 10.1. The third-order valence-corrected chi connectivity index (χ3v) is 4.32. The lowest BCUT2D eigenvalue weighted by Crippen LogP contribution is -2.41. The number of fused-ring (bicyclic) bond motifs is 1. The van der Waals surface area contributed by atoms with Crippen molar-refractivity contribution in [1.82, 2.24) is 19.7 Å². The fourth-order valence-corrected chi connectivity index (χ4v) is 2.86. The van der Waals surface area contributed by atoms with Crippen molar-refractivity contribution in [3.8, 4) is 0 Å². The van der Waals surface area contributed by atoms with E-state index in [0.29, 0.717) is 26.2 Å². The highest BCUT2D eigenvalue weighted by Gasteiger charge is 2.23. The molecule has 2 heterocycles. The van der Waals surface area contributed by atoms with Gasteiger partial charge in [0.05, 0.1) is 25.8 Å². The molecule has 0 atom stereocenters. The number of anilines is 1. The zero-order chi connectivity index (χ0) is 18.0. The zero-order valence-electron chi connectivity index (χ0n) is 15.2. The van der Waals surface area contributed by atoms with Crippen LogP contribution in [-0.4, -0.2) is 38.3 Å². The SMILES string of the molecule is Cc1nc2n(n1)CCN(C(=O)Nc1cccc(COC(C)C)c1C)C2. The summed E-state index contributed by atoms with van der Waals surface area (Å²) in [7, 11) is 0. The van der Waals surface area contributed by atoms with Gasteiger partial charge in [0.25, 0.3) is 0 Å². The molecule has 2 amide bonds. The standard InChI is InChI=1S/C18H25N5O2/c1-12(2)25-11-15-6-5-7-16(13(15)3)20-18(24)22-8-9-23-17(10-22)19-14(4)21-23/h5-7,12H,8-11H2,1-4H3,(H,20,24). The summed E-state index contributed by atoms with van der Waals surface area (Å²) < 4.78 is 7.55. The Labute approximate surface area is 148 Å². The summed E-state index contributed by atoms with van der Waals surface area (Å²) in [4.78, 5) is 18.8. The Kier molecular flexibility index (Phi) is 5.03. The molecule has 7 nitrogen and oxygen atoms in total. The average Bonchev–Trinajstić information content (AvgIpc) is 2.94. The van der Waals surface area contributed by atoms with Crippen LogP contribution in [0.15, 0.2) is 18.2 Å². The average molecular weight is 343 g/mol. The topological polar surface area (TPSA) is 72.3 Å². The van der Waals surface area contributed by atoms with Crippen LogP contribution in [0.3, 0.4) is 0 Å². The van der Waals surface area contributed by atoms with Crippen molar-refractivity contribution in [2.24, 2.45) is 0 Å². The molecule has 1 N–H and O–H groups in total. The predicted molar refractivity (Wildman–Crippen MR) is 95.3 cm³/mol. The Morgan fingerprint density at radius 3 is 2.88 bits per heavy atom. The summed E-state index contributed by atoms with van der Waals surface area (Å²) in [5, 5.41) is 7.34. The van der Waals surface area contributed by atoms with Crippen LogP contribution in [0, 0.1) is 13.8 Å². The van der Waals surface area contributed by atoms with Crippen molar-refractivity contribution in [3.05, 3.63) is 41.0 Å². The smallest absolute Gasteiger partial charge is 0.322 e. The van der Waals surface area contributed by atoms with Gasteiger partial charge in [-0.2, -0.15) is 5.10 Å². The first kappa shape index (κ1) is 17.4. The van der Waals surface area contributed by atoms with Gasteiger partial charge < -0.3 is 15.0 Å². The maximum Gasteiger partial charge on any atom is 0.322 e. The number of urea groups is 1. The number of carbonyl (C=O) groups is 1. The Morgan fingerprint density at radius 2 is 2.12 bits per heavy atom. The van der Waals surface area contributed by atoms with Crippen LogP contribution in [0.4, 0.5) is 10.5 Å². The number of aromatic nitrogens is 3. The van der Waals surface area contributed by atoms with Crippen molar-refractivity contribution in [3.63, 3.8) is 0 Å². The summed E-state index contributed by atoms with van der Waals surface area (Å²) in [6.07, 6.45) is 0.173. The van der Waals surface area contributed by atoms with Crippen molar-refractivity contribution >= 4 is 11.7 Å². The molecule has 0 aliphatic carbocycles. The largest absolute Gasteiger partial charge is 0.374 e. The van der Waals surface area contributed by atoms with E-state index in [9.17, 15) is 4.79 Å². The first-order chi connectivity index (χ1) is 11.9. The molecule has 7 heteroatoms. The molecule has 1 aliphatic heterocycles. The second-order valence-corrected chi connectivity index (χ2v) is 6.60. The van der Waals surface area contributed by atoms with E-state index in [1.54, 1.807) is 4.90 Å². The van der Waals surface area contributed by atoms with Crippen LogP contribution in [-0.2, 0) is 24.4 Å². The molecule has 0 saturated carbocycles. The van der Waals surface area contributed by atoms with E-state index in [4.69, 9.17) is 4.74 Å². The van der Waals surface area contributed by atoms with Gasteiger partial charge in [-0.3, -0.25) is 0 Å². The normalized spacial score (nSPS) is 13.9. The van der Waals surface area contributed by atoms with Gasteiger partial charge in [0.2, 0.25) is 0 Å². The van der Waals surface area contributed by atoms with Gasteiger partial charge in [0.1, 0.15) is 11.6 Å². The highest BCUT2D eigenvalue weighted by Crippen LogP contribution is 2.21. The molecule has 0 spiro atoms. The summed E-state index contributed by atoms with van der Waals surface area (Å²) in [6, 6.07) is 5.77. The van der Waals surface area contributed by atoms with E-state index < -0.39 is 0 Å². The molecule has 0 radical (unpaired) electrons. The first-order valence-corrected chi connectivity index (χ1v) is 8.60. The molecule has 1 aliphatic rings. The third kappa shape index (κ3) is 3.99. The zero-order valence-corrected chi connectivity index (χ0v) is 15.2. The van der Waals surface area contributed by atoms with E-state index in [1.165, 1.54) is 0 Å². The van der Waals surface area contributed by atoms with Crippen molar-refractivity contribution < 1.29 is 9.53 Å². The fourth-order valence-electron chi connectivity index (χ4n) is 2.86. The van der Waals surface area contributed by atoms with Crippen LogP contribution in [0.5, 0.6) is 0 Å². The van der Waals surface area contributed by atoms with Crippen LogP contribution >= 0.6 is 0 Å². The number of hydrogen-bond acceptors (Lipinski definition) is 4. The minimum absolute atomic E-state index is 0.114. The van der Waals surface area contributed by atoms with Crippen LogP contribution in [0.2, 0.25) is 0 Å². The lowest BCUT2D eigenvalue weighted by molar-refractivity contribution is 0.0654. The quantitative estimate of drug-likeness (QED) is 0.926. The highest BCUT2D eigenvalue weighted by atomic mass is 16.5. The molecule has 1 aromatic carbocycles. The summed E-state index contributed by atoms with van der Waals surface area (Å²) in [5.74, 6) is 1.57. The number of carbonyl (C=O) groups excluding carboxylic acids is 1. The minimum Gasteiger partial charge on any atom is -0.374 e. The van der Waals surface area contributed by atoms with Crippen molar-refractivity contribution in [1.29, 1.82) is 0 Å². The lowest BCUT2D eigenvalue weighted by Gasteiger charge is -2.27. The minimum atomic E-state index is -0.114. The Balaban J connectivity index is 1.68.